The van der Waals surface area contributed by atoms with Crippen LogP contribution < -0.4 is 4.74 Å². The van der Waals surface area contributed by atoms with Crippen LogP contribution in [0.15, 0.2) is 36.7 Å². The molecule has 174 valence electrons. The summed E-state index contributed by atoms with van der Waals surface area (Å²) >= 11 is 0. The van der Waals surface area contributed by atoms with E-state index in [1.807, 2.05) is 36.0 Å². The summed E-state index contributed by atoms with van der Waals surface area (Å²) in [4.78, 5) is 32.8. The van der Waals surface area contributed by atoms with Crippen molar-refractivity contribution in [1.29, 1.82) is 0 Å². The summed E-state index contributed by atoms with van der Waals surface area (Å²) in [5, 5.41) is 0.959. The molecule has 0 bridgehead atoms. The molecule has 1 atom stereocenters. The monoisotopic (exact) mass is 454 g/mol. The van der Waals surface area contributed by atoms with Crippen molar-refractivity contribution < 1.29 is 23.5 Å². The molecule has 3 heterocycles. The third-order valence-electron chi connectivity index (χ3n) is 5.92. The summed E-state index contributed by atoms with van der Waals surface area (Å²) in [5.41, 5.74) is 2.77. The molecule has 1 aromatic carbocycles. The van der Waals surface area contributed by atoms with E-state index in [1.165, 1.54) is 13.3 Å². The molecule has 0 saturated carbocycles. The molecule has 2 aromatic heterocycles. The van der Waals surface area contributed by atoms with E-state index in [4.69, 9.17) is 9.47 Å². The molecule has 33 heavy (non-hydrogen) atoms. The zero-order chi connectivity index (χ0) is 23.7. The lowest BCUT2D eigenvalue weighted by molar-refractivity contribution is -0.00161. The van der Waals surface area contributed by atoms with E-state index < -0.39 is 5.82 Å². The Morgan fingerprint density at radius 1 is 1.27 bits per heavy atom. The van der Waals surface area contributed by atoms with Crippen molar-refractivity contribution in [2.24, 2.45) is 7.05 Å². The standard InChI is InChI=1S/C24H27FN4O4/c1-27(2)23(30)15-5-6-21-19(10-15)17(13-28(21)3)9-18-14-33-8-7-29(18)24(31)16-11-20(25)22(32-4)26-12-16/h5-6,10-13,18H,7-9,14H2,1-4H3/t18-/m0/s1. The predicted octanol–water partition coefficient (Wildman–Crippen LogP) is 2.51. The normalized spacial score (nSPS) is 16.2. The number of rotatable bonds is 5. The molecule has 0 aliphatic carbocycles. The van der Waals surface area contributed by atoms with E-state index in [9.17, 15) is 14.0 Å². The maximum Gasteiger partial charge on any atom is 0.255 e. The van der Waals surface area contributed by atoms with Gasteiger partial charge in [-0.2, -0.15) is 0 Å². The SMILES string of the molecule is COc1ncc(C(=O)N2CCOC[C@@H]2Cc2cn(C)c3ccc(C(=O)N(C)C)cc23)cc1F. The largest absolute Gasteiger partial charge is 0.479 e. The molecule has 1 aliphatic rings. The molecule has 8 nitrogen and oxygen atoms in total. The van der Waals surface area contributed by atoms with Crippen LogP contribution in [0.2, 0.25) is 0 Å². The van der Waals surface area contributed by atoms with Crippen LogP contribution >= 0.6 is 0 Å². The quantitative estimate of drug-likeness (QED) is 0.592. The number of ether oxygens (including phenoxy) is 2. The second-order valence-corrected chi connectivity index (χ2v) is 8.34. The first-order chi connectivity index (χ1) is 15.8. The zero-order valence-electron chi connectivity index (χ0n) is 19.2. The number of hydrogen-bond acceptors (Lipinski definition) is 5. The maximum absolute atomic E-state index is 14.1. The Hall–Kier alpha value is -3.46. The third kappa shape index (κ3) is 4.41. The molecule has 1 saturated heterocycles. The molecule has 2 amide bonds. The Kier molecular flexibility index (Phi) is 6.33. The molecule has 4 rings (SSSR count). The number of carbonyl (C=O) groups excluding carboxylic acids is 2. The first-order valence-corrected chi connectivity index (χ1v) is 10.7. The van der Waals surface area contributed by atoms with Crippen LogP contribution in [0.25, 0.3) is 10.9 Å². The van der Waals surface area contributed by atoms with Gasteiger partial charge in [0.25, 0.3) is 11.8 Å². The molecule has 1 fully saturated rings. The van der Waals surface area contributed by atoms with E-state index in [-0.39, 0.29) is 29.3 Å². The third-order valence-corrected chi connectivity index (χ3v) is 5.92. The van der Waals surface area contributed by atoms with Gasteiger partial charge in [-0.05, 0) is 36.2 Å². The Morgan fingerprint density at radius 2 is 2.06 bits per heavy atom. The van der Waals surface area contributed by atoms with Crippen molar-refractivity contribution in [2.45, 2.75) is 12.5 Å². The van der Waals surface area contributed by atoms with Crippen LogP contribution in [0.1, 0.15) is 26.3 Å². The smallest absolute Gasteiger partial charge is 0.255 e. The fraction of sp³-hybridized carbons (Fsp3) is 0.375. The van der Waals surface area contributed by atoms with Gasteiger partial charge in [-0.25, -0.2) is 9.37 Å². The number of hydrogen-bond donors (Lipinski definition) is 0. The van der Waals surface area contributed by atoms with Gasteiger partial charge in [0.1, 0.15) is 0 Å². The Bertz CT molecular complexity index is 1210. The van der Waals surface area contributed by atoms with Gasteiger partial charge in [-0.1, -0.05) is 0 Å². The van der Waals surface area contributed by atoms with E-state index in [2.05, 4.69) is 4.98 Å². The molecule has 0 unspecified atom stereocenters. The molecule has 9 heteroatoms. The number of methoxy groups -OCH3 is 1. The number of morpholine rings is 1. The molecular weight excluding hydrogens is 427 g/mol. The number of nitrogens with zero attached hydrogens (tertiary/aromatic N) is 4. The summed E-state index contributed by atoms with van der Waals surface area (Å²) in [7, 11) is 6.72. The van der Waals surface area contributed by atoms with E-state index in [0.29, 0.717) is 31.7 Å². The molecule has 3 aromatic rings. The van der Waals surface area contributed by atoms with Crippen molar-refractivity contribution in [2.75, 3.05) is 41.0 Å². The van der Waals surface area contributed by atoms with Crippen LogP contribution in [-0.4, -0.2) is 78.2 Å². The average molecular weight is 455 g/mol. The number of carbonyl (C=O) groups is 2. The average Bonchev–Trinajstić information content (AvgIpc) is 3.12. The highest BCUT2D eigenvalue weighted by Crippen LogP contribution is 2.26. The number of fused-ring (bicyclic) bond motifs is 1. The summed E-state index contributed by atoms with van der Waals surface area (Å²) in [5.74, 6) is -1.20. The minimum absolute atomic E-state index is 0.0708. The van der Waals surface area contributed by atoms with Gasteiger partial charge < -0.3 is 23.8 Å². The summed E-state index contributed by atoms with van der Waals surface area (Å²) in [6.07, 6.45) is 3.88. The second kappa shape index (κ2) is 9.19. The minimum Gasteiger partial charge on any atom is -0.479 e. The lowest BCUT2D eigenvalue weighted by atomic mass is 10.0. The highest BCUT2D eigenvalue weighted by atomic mass is 19.1. The minimum atomic E-state index is -0.680. The highest BCUT2D eigenvalue weighted by Gasteiger charge is 2.30. The number of aryl methyl sites for hydroxylation is 1. The topological polar surface area (TPSA) is 76.9 Å². The number of aromatic nitrogens is 2. The predicted molar refractivity (Wildman–Crippen MR) is 121 cm³/mol. The number of amides is 2. The lowest BCUT2D eigenvalue weighted by Gasteiger charge is -2.35. The van der Waals surface area contributed by atoms with Crippen molar-refractivity contribution in [3.8, 4) is 5.88 Å². The Labute approximate surface area is 191 Å². The fourth-order valence-electron chi connectivity index (χ4n) is 4.23. The van der Waals surface area contributed by atoms with Crippen LogP contribution in [0.5, 0.6) is 5.88 Å². The zero-order valence-corrected chi connectivity index (χ0v) is 19.2. The Morgan fingerprint density at radius 3 is 2.76 bits per heavy atom. The molecule has 1 aliphatic heterocycles. The van der Waals surface area contributed by atoms with Crippen molar-refractivity contribution in [3.63, 3.8) is 0 Å². The van der Waals surface area contributed by atoms with E-state index >= 15 is 0 Å². The number of halogens is 1. The van der Waals surface area contributed by atoms with Crippen molar-refractivity contribution in [1.82, 2.24) is 19.4 Å². The second-order valence-electron chi connectivity index (χ2n) is 8.34. The molecule has 0 N–H and O–H groups in total. The first-order valence-electron chi connectivity index (χ1n) is 10.7. The summed E-state index contributed by atoms with van der Waals surface area (Å²) < 4.78 is 26.7. The highest BCUT2D eigenvalue weighted by molar-refractivity contribution is 5.99. The van der Waals surface area contributed by atoms with Gasteiger partial charge >= 0.3 is 0 Å². The van der Waals surface area contributed by atoms with Gasteiger partial charge in [0, 0.05) is 56.5 Å². The van der Waals surface area contributed by atoms with E-state index in [1.54, 1.807) is 23.9 Å². The van der Waals surface area contributed by atoms with Crippen LogP contribution in [0.3, 0.4) is 0 Å². The molecular formula is C24H27FN4O4. The number of pyridine rings is 1. The lowest BCUT2D eigenvalue weighted by Crippen LogP contribution is -2.49. The fourth-order valence-corrected chi connectivity index (χ4v) is 4.23. The van der Waals surface area contributed by atoms with Gasteiger partial charge in [-0.3, -0.25) is 9.59 Å². The van der Waals surface area contributed by atoms with Crippen LogP contribution in [0.4, 0.5) is 4.39 Å². The van der Waals surface area contributed by atoms with E-state index in [0.717, 1.165) is 22.5 Å². The van der Waals surface area contributed by atoms with Crippen LogP contribution in [0, 0.1) is 5.82 Å². The molecule has 0 radical (unpaired) electrons. The number of benzene rings is 1. The summed E-state index contributed by atoms with van der Waals surface area (Å²) in [6, 6.07) is 6.56. The van der Waals surface area contributed by atoms with Gasteiger partial charge in [0.2, 0.25) is 5.88 Å². The molecule has 0 spiro atoms. The Balaban J connectivity index is 1.64. The van der Waals surface area contributed by atoms with Crippen LogP contribution in [-0.2, 0) is 18.2 Å². The first kappa shape index (κ1) is 22.7. The summed E-state index contributed by atoms with van der Waals surface area (Å²) in [6.45, 7) is 1.17. The van der Waals surface area contributed by atoms with Crippen molar-refractivity contribution >= 4 is 22.7 Å². The van der Waals surface area contributed by atoms with Gasteiger partial charge in [-0.15, -0.1) is 0 Å². The van der Waals surface area contributed by atoms with Crippen molar-refractivity contribution in [3.05, 3.63) is 59.2 Å². The van der Waals surface area contributed by atoms with Gasteiger partial charge in [0.15, 0.2) is 5.82 Å². The maximum atomic E-state index is 14.1. The van der Waals surface area contributed by atoms with Gasteiger partial charge in [0.05, 0.1) is 31.9 Å².